The number of aryl methyl sites for hydroxylation is 1. The summed E-state index contributed by atoms with van der Waals surface area (Å²) >= 11 is 0. The number of carbonyl (C=O) groups is 1. The van der Waals surface area contributed by atoms with Crippen LogP contribution in [0.4, 0.5) is 0 Å². The standard InChI is InChI=1S/C12H16N4O/c1-10-3-5-11(6-4-10)9-12(17)14-7-2-8-15-16-13/h3-6H,2,7-9H2,1H3,(H,14,17). The number of hydrogen-bond donors (Lipinski definition) is 1. The van der Waals surface area contributed by atoms with Crippen molar-refractivity contribution < 1.29 is 4.79 Å². The van der Waals surface area contributed by atoms with Gasteiger partial charge in [0.2, 0.25) is 5.91 Å². The van der Waals surface area contributed by atoms with Crippen molar-refractivity contribution in [2.75, 3.05) is 13.1 Å². The van der Waals surface area contributed by atoms with Crippen molar-refractivity contribution in [2.24, 2.45) is 5.11 Å². The first-order valence-electron chi connectivity index (χ1n) is 5.55. The number of benzene rings is 1. The molecule has 0 atom stereocenters. The van der Waals surface area contributed by atoms with E-state index in [9.17, 15) is 4.79 Å². The van der Waals surface area contributed by atoms with Gasteiger partial charge in [-0.1, -0.05) is 34.9 Å². The van der Waals surface area contributed by atoms with Crippen LogP contribution in [0.25, 0.3) is 10.4 Å². The first kappa shape index (κ1) is 13.1. The molecule has 5 heteroatoms. The number of nitrogens with zero attached hydrogens (tertiary/aromatic N) is 3. The molecule has 90 valence electrons. The minimum absolute atomic E-state index is 0.00482. The van der Waals surface area contributed by atoms with Gasteiger partial charge in [0, 0.05) is 18.0 Å². The van der Waals surface area contributed by atoms with Gasteiger partial charge in [-0.2, -0.15) is 0 Å². The van der Waals surface area contributed by atoms with Crippen molar-refractivity contribution in [3.63, 3.8) is 0 Å². The number of amides is 1. The molecule has 1 aromatic carbocycles. The fourth-order valence-electron chi connectivity index (χ4n) is 1.38. The molecule has 1 N–H and O–H groups in total. The SMILES string of the molecule is Cc1ccc(CC(=O)NCCCN=[N+]=[N-])cc1. The summed E-state index contributed by atoms with van der Waals surface area (Å²) in [5, 5.41) is 6.17. The summed E-state index contributed by atoms with van der Waals surface area (Å²) in [6.45, 7) is 2.98. The monoisotopic (exact) mass is 232 g/mol. The maximum absolute atomic E-state index is 11.5. The van der Waals surface area contributed by atoms with Crippen molar-refractivity contribution in [3.05, 3.63) is 45.8 Å². The fourth-order valence-corrected chi connectivity index (χ4v) is 1.38. The Labute approximate surface area is 100 Å². The van der Waals surface area contributed by atoms with Gasteiger partial charge in [0.15, 0.2) is 0 Å². The lowest BCUT2D eigenvalue weighted by Crippen LogP contribution is -2.26. The van der Waals surface area contributed by atoms with Gasteiger partial charge in [0.05, 0.1) is 6.42 Å². The minimum Gasteiger partial charge on any atom is -0.356 e. The molecule has 0 fully saturated rings. The lowest BCUT2D eigenvalue weighted by Gasteiger charge is -2.04. The second kappa shape index (κ2) is 7.30. The van der Waals surface area contributed by atoms with Crippen molar-refractivity contribution in [1.29, 1.82) is 0 Å². The van der Waals surface area contributed by atoms with Crippen LogP contribution in [-0.4, -0.2) is 19.0 Å². The van der Waals surface area contributed by atoms with E-state index in [2.05, 4.69) is 15.3 Å². The topological polar surface area (TPSA) is 77.9 Å². The molecular weight excluding hydrogens is 216 g/mol. The predicted molar refractivity (Wildman–Crippen MR) is 66.5 cm³/mol. The third-order valence-corrected chi connectivity index (χ3v) is 2.31. The van der Waals surface area contributed by atoms with Crippen LogP contribution < -0.4 is 5.32 Å². The normalized spacial score (nSPS) is 9.47. The van der Waals surface area contributed by atoms with Crippen LogP contribution in [0, 0.1) is 6.92 Å². The molecule has 0 aliphatic heterocycles. The number of rotatable bonds is 6. The van der Waals surface area contributed by atoms with Crippen LogP contribution in [0.15, 0.2) is 29.4 Å². The number of hydrogen-bond acceptors (Lipinski definition) is 2. The molecule has 1 rings (SSSR count). The first-order valence-corrected chi connectivity index (χ1v) is 5.55. The summed E-state index contributed by atoms with van der Waals surface area (Å²) in [5.74, 6) is -0.00482. The Morgan fingerprint density at radius 1 is 1.41 bits per heavy atom. The largest absolute Gasteiger partial charge is 0.356 e. The molecule has 5 nitrogen and oxygen atoms in total. The summed E-state index contributed by atoms with van der Waals surface area (Å²) < 4.78 is 0. The second-order valence-corrected chi connectivity index (χ2v) is 3.82. The van der Waals surface area contributed by atoms with E-state index in [1.807, 2.05) is 31.2 Å². The highest BCUT2D eigenvalue weighted by atomic mass is 16.1. The molecule has 0 saturated heterocycles. The van der Waals surface area contributed by atoms with E-state index in [-0.39, 0.29) is 5.91 Å². The van der Waals surface area contributed by atoms with E-state index < -0.39 is 0 Å². The molecule has 0 heterocycles. The molecule has 0 spiro atoms. The van der Waals surface area contributed by atoms with Crippen LogP contribution in [-0.2, 0) is 11.2 Å². The summed E-state index contributed by atoms with van der Waals surface area (Å²) in [5.41, 5.74) is 10.2. The molecule has 0 radical (unpaired) electrons. The first-order chi connectivity index (χ1) is 8.22. The highest BCUT2D eigenvalue weighted by Crippen LogP contribution is 2.03. The smallest absolute Gasteiger partial charge is 0.224 e. The Kier molecular flexibility index (Phi) is 5.61. The van der Waals surface area contributed by atoms with Crippen molar-refractivity contribution in [1.82, 2.24) is 5.32 Å². The molecule has 1 amide bonds. The predicted octanol–water partition coefficient (Wildman–Crippen LogP) is 2.35. The molecular formula is C12H16N4O. The molecule has 0 aliphatic carbocycles. The maximum Gasteiger partial charge on any atom is 0.224 e. The van der Waals surface area contributed by atoms with Gasteiger partial charge in [-0.05, 0) is 24.4 Å². The number of carbonyl (C=O) groups excluding carboxylic acids is 1. The van der Waals surface area contributed by atoms with Gasteiger partial charge in [-0.25, -0.2) is 0 Å². The van der Waals surface area contributed by atoms with Crippen molar-refractivity contribution in [3.8, 4) is 0 Å². The molecule has 0 aliphatic rings. The average molecular weight is 232 g/mol. The zero-order chi connectivity index (χ0) is 12.5. The number of nitrogens with one attached hydrogen (secondary N) is 1. The quantitative estimate of drug-likeness (QED) is 0.347. The summed E-state index contributed by atoms with van der Waals surface area (Å²) in [7, 11) is 0. The third kappa shape index (κ3) is 5.58. The Hall–Kier alpha value is -2.00. The maximum atomic E-state index is 11.5. The van der Waals surface area contributed by atoms with Gasteiger partial charge in [-0.15, -0.1) is 0 Å². The van der Waals surface area contributed by atoms with E-state index >= 15 is 0 Å². The highest BCUT2D eigenvalue weighted by Gasteiger charge is 2.01. The van der Waals surface area contributed by atoms with Gasteiger partial charge >= 0.3 is 0 Å². The van der Waals surface area contributed by atoms with Gasteiger partial charge in [0.1, 0.15) is 0 Å². The van der Waals surface area contributed by atoms with Crippen LogP contribution in [0.5, 0.6) is 0 Å². The molecule has 0 unspecified atom stereocenters. The van der Waals surface area contributed by atoms with Crippen molar-refractivity contribution >= 4 is 5.91 Å². The second-order valence-electron chi connectivity index (χ2n) is 3.82. The van der Waals surface area contributed by atoms with Gasteiger partial charge in [-0.3, -0.25) is 4.79 Å². The Balaban J connectivity index is 2.25. The van der Waals surface area contributed by atoms with Crippen LogP contribution in [0.1, 0.15) is 17.5 Å². The van der Waals surface area contributed by atoms with Crippen LogP contribution >= 0.6 is 0 Å². The Bertz CT molecular complexity index is 407. The Morgan fingerprint density at radius 2 is 2.12 bits per heavy atom. The lowest BCUT2D eigenvalue weighted by molar-refractivity contribution is -0.120. The summed E-state index contributed by atoms with van der Waals surface area (Å²) in [6, 6.07) is 7.89. The fraction of sp³-hybridized carbons (Fsp3) is 0.417. The minimum atomic E-state index is -0.00482. The van der Waals surface area contributed by atoms with E-state index in [1.165, 1.54) is 5.56 Å². The summed E-state index contributed by atoms with van der Waals surface area (Å²) in [4.78, 5) is 14.2. The molecule has 17 heavy (non-hydrogen) atoms. The molecule has 0 aromatic heterocycles. The molecule has 0 bridgehead atoms. The van der Waals surface area contributed by atoms with E-state index in [1.54, 1.807) is 0 Å². The Morgan fingerprint density at radius 3 is 2.76 bits per heavy atom. The van der Waals surface area contributed by atoms with E-state index in [4.69, 9.17) is 5.53 Å². The lowest BCUT2D eigenvalue weighted by atomic mass is 10.1. The van der Waals surface area contributed by atoms with E-state index in [0.717, 1.165) is 5.56 Å². The van der Waals surface area contributed by atoms with E-state index in [0.29, 0.717) is 25.9 Å². The van der Waals surface area contributed by atoms with Crippen LogP contribution in [0.2, 0.25) is 0 Å². The average Bonchev–Trinajstić information content (AvgIpc) is 2.32. The van der Waals surface area contributed by atoms with Crippen LogP contribution in [0.3, 0.4) is 0 Å². The number of azide groups is 1. The highest BCUT2D eigenvalue weighted by molar-refractivity contribution is 5.78. The zero-order valence-electron chi connectivity index (χ0n) is 9.89. The third-order valence-electron chi connectivity index (χ3n) is 2.31. The zero-order valence-corrected chi connectivity index (χ0v) is 9.89. The summed E-state index contributed by atoms with van der Waals surface area (Å²) in [6.07, 6.45) is 1.06. The molecule has 0 saturated carbocycles. The van der Waals surface area contributed by atoms with Gasteiger partial charge in [0.25, 0.3) is 0 Å². The molecule has 1 aromatic rings. The van der Waals surface area contributed by atoms with Crippen molar-refractivity contribution in [2.45, 2.75) is 19.8 Å². The van der Waals surface area contributed by atoms with Gasteiger partial charge < -0.3 is 5.32 Å².